The summed E-state index contributed by atoms with van der Waals surface area (Å²) in [5, 5.41) is 4.58. The second-order valence-electron chi connectivity index (χ2n) is 7.58. The Bertz CT molecular complexity index is 941. The van der Waals surface area contributed by atoms with Gasteiger partial charge in [-0.25, -0.2) is 14.6 Å². The van der Waals surface area contributed by atoms with E-state index >= 15 is 0 Å². The summed E-state index contributed by atoms with van der Waals surface area (Å²) < 4.78 is 1.90. The predicted molar refractivity (Wildman–Crippen MR) is 112 cm³/mol. The van der Waals surface area contributed by atoms with Gasteiger partial charge >= 0.3 is 0 Å². The molecule has 28 heavy (non-hydrogen) atoms. The third-order valence-corrected chi connectivity index (χ3v) is 5.51. The van der Waals surface area contributed by atoms with Gasteiger partial charge in [0, 0.05) is 44.0 Å². The summed E-state index contributed by atoms with van der Waals surface area (Å²) in [4.78, 5) is 14.2. The molecule has 1 aromatic carbocycles. The van der Waals surface area contributed by atoms with E-state index < -0.39 is 0 Å². The summed E-state index contributed by atoms with van der Waals surface area (Å²) in [7, 11) is 0. The molecule has 3 heterocycles. The van der Waals surface area contributed by atoms with E-state index in [2.05, 4.69) is 76.2 Å². The summed E-state index contributed by atoms with van der Waals surface area (Å²) in [5.41, 5.74) is 3.46. The van der Waals surface area contributed by atoms with E-state index in [1.54, 1.807) is 0 Å². The van der Waals surface area contributed by atoms with Gasteiger partial charge in [0.25, 0.3) is 0 Å². The van der Waals surface area contributed by atoms with Gasteiger partial charge in [0.2, 0.25) is 0 Å². The van der Waals surface area contributed by atoms with Crippen LogP contribution in [0, 0.1) is 20.8 Å². The number of anilines is 1. The zero-order valence-corrected chi connectivity index (χ0v) is 17.1. The van der Waals surface area contributed by atoms with Crippen molar-refractivity contribution in [3.63, 3.8) is 0 Å². The number of benzene rings is 1. The van der Waals surface area contributed by atoms with Crippen LogP contribution in [0.2, 0.25) is 0 Å². The molecule has 0 radical (unpaired) electrons. The fraction of sp³-hybridized carbons (Fsp3) is 0.409. The van der Waals surface area contributed by atoms with Crippen LogP contribution in [0.15, 0.2) is 42.5 Å². The lowest BCUT2D eigenvalue weighted by molar-refractivity contribution is 0.198. The Labute approximate surface area is 166 Å². The highest BCUT2D eigenvalue weighted by Gasteiger charge is 2.23. The van der Waals surface area contributed by atoms with Gasteiger partial charge in [-0.05, 0) is 39.3 Å². The van der Waals surface area contributed by atoms with Crippen LogP contribution < -0.4 is 4.90 Å². The first-order valence-electron chi connectivity index (χ1n) is 9.94. The quantitative estimate of drug-likeness (QED) is 0.698. The average Bonchev–Trinajstić information content (AvgIpc) is 3.06. The number of aromatic nitrogens is 4. The normalized spacial score (nSPS) is 16.4. The van der Waals surface area contributed by atoms with Crippen molar-refractivity contribution >= 4 is 5.82 Å². The van der Waals surface area contributed by atoms with E-state index in [-0.39, 0.29) is 0 Å². The highest BCUT2D eigenvalue weighted by molar-refractivity contribution is 5.45. The smallest absolute Gasteiger partial charge is 0.159 e. The van der Waals surface area contributed by atoms with Crippen molar-refractivity contribution in [1.29, 1.82) is 0 Å². The highest BCUT2D eigenvalue weighted by atomic mass is 15.3. The van der Waals surface area contributed by atoms with E-state index in [0.717, 1.165) is 55.0 Å². The van der Waals surface area contributed by atoms with E-state index in [4.69, 9.17) is 4.98 Å². The summed E-state index contributed by atoms with van der Waals surface area (Å²) in [5.74, 6) is 2.61. The molecule has 1 aliphatic rings. The summed E-state index contributed by atoms with van der Waals surface area (Å²) in [6.07, 6.45) is 0. The molecule has 1 unspecified atom stereocenters. The lowest BCUT2D eigenvalue weighted by Gasteiger charge is -2.38. The van der Waals surface area contributed by atoms with Gasteiger partial charge in [0.05, 0.1) is 5.69 Å². The van der Waals surface area contributed by atoms with E-state index in [1.807, 2.05) is 18.5 Å². The van der Waals surface area contributed by atoms with Crippen molar-refractivity contribution in [2.45, 2.75) is 33.7 Å². The topological polar surface area (TPSA) is 50.1 Å². The fourth-order valence-corrected chi connectivity index (χ4v) is 3.95. The van der Waals surface area contributed by atoms with Crippen LogP contribution in [-0.2, 0) is 0 Å². The Kier molecular flexibility index (Phi) is 5.13. The fourth-order valence-electron chi connectivity index (χ4n) is 3.95. The van der Waals surface area contributed by atoms with Gasteiger partial charge in [-0.1, -0.05) is 30.3 Å². The van der Waals surface area contributed by atoms with Crippen LogP contribution in [0.25, 0.3) is 5.82 Å². The zero-order valence-electron chi connectivity index (χ0n) is 17.1. The molecule has 1 atom stereocenters. The van der Waals surface area contributed by atoms with Gasteiger partial charge < -0.3 is 4.90 Å². The van der Waals surface area contributed by atoms with Crippen LogP contribution in [0.5, 0.6) is 0 Å². The monoisotopic (exact) mass is 376 g/mol. The average molecular weight is 377 g/mol. The molecule has 0 amide bonds. The lowest BCUT2D eigenvalue weighted by Crippen LogP contribution is -2.47. The maximum absolute atomic E-state index is 4.70. The molecule has 6 nitrogen and oxygen atoms in total. The van der Waals surface area contributed by atoms with Crippen molar-refractivity contribution in [2.75, 3.05) is 31.1 Å². The molecular weight excluding hydrogens is 348 g/mol. The van der Waals surface area contributed by atoms with Crippen LogP contribution in [-0.4, -0.2) is 50.8 Å². The van der Waals surface area contributed by atoms with Crippen molar-refractivity contribution in [1.82, 2.24) is 24.6 Å². The Balaban J connectivity index is 1.50. The maximum atomic E-state index is 4.70. The first-order valence-corrected chi connectivity index (χ1v) is 9.94. The van der Waals surface area contributed by atoms with Crippen molar-refractivity contribution < 1.29 is 0 Å². The summed E-state index contributed by atoms with van der Waals surface area (Å²) in [6.45, 7) is 12.3. The van der Waals surface area contributed by atoms with E-state index in [0.29, 0.717) is 6.04 Å². The standard InChI is InChI=1S/C22H28N6/c1-16-14-17(2)28(25-16)22-15-21(23-19(4)24-22)27-12-10-26(11-13-27)18(3)20-8-6-5-7-9-20/h5-9,14-15,18H,10-13H2,1-4H3. The number of piperazine rings is 1. The first kappa shape index (κ1) is 18.6. The second kappa shape index (κ2) is 7.72. The first-order chi connectivity index (χ1) is 13.5. The minimum atomic E-state index is 0.431. The third kappa shape index (κ3) is 3.78. The lowest BCUT2D eigenvalue weighted by atomic mass is 10.1. The molecule has 0 aliphatic carbocycles. The summed E-state index contributed by atoms with van der Waals surface area (Å²) >= 11 is 0. The zero-order chi connectivity index (χ0) is 19.7. The predicted octanol–water partition coefficient (Wildman–Crippen LogP) is 3.47. The Morgan fingerprint density at radius 2 is 1.54 bits per heavy atom. The van der Waals surface area contributed by atoms with Gasteiger partial charge in [0.1, 0.15) is 11.6 Å². The maximum Gasteiger partial charge on any atom is 0.159 e. The molecule has 1 fully saturated rings. The molecule has 1 aliphatic heterocycles. The van der Waals surface area contributed by atoms with Gasteiger partial charge in [-0.2, -0.15) is 5.10 Å². The summed E-state index contributed by atoms with van der Waals surface area (Å²) in [6, 6.07) is 15.3. The Morgan fingerprint density at radius 3 is 2.18 bits per heavy atom. The van der Waals surface area contributed by atoms with Crippen molar-refractivity contribution in [2.24, 2.45) is 0 Å². The Morgan fingerprint density at radius 1 is 0.857 bits per heavy atom. The van der Waals surface area contributed by atoms with Gasteiger partial charge in [-0.15, -0.1) is 0 Å². The number of aryl methyl sites for hydroxylation is 3. The molecule has 6 heteroatoms. The molecule has 3 aromatic rings. The molecule has 4 rings (SSSR count). The number of hydrogen-bond donors (Lipinski definition) is 0. The van der Waals surface area contributed by atoms with Gasteiger partial charge in [-0.3, -0.25) is 4.90 Å². The molecule has 0 bridgehead atoms. The molecule has 0 N–H and O–H groups in total. The van der Waals surface area contributed by atoms with Crippen molar-refractivity contribution in [3.05, 3.63) is 65.2 Å². The third-order valence-electron chi connectivity index (χ3n) is 5.51. The minimum Gasteiger partial charge on any atom is -0.354 e. The van der Waals surface area contributed by atoms with Crippen LogP contribution in [0.4, 0.5) is 5.82 Å². The number of rotatable bonds is 4. The molecule has 0 spiro atoms. The highest BCUT2D eigenvalue weighted by Crippen LogP contribution is 2.24. The largest absolute Gasteiger partial charge is 0.354 e. The Hall–Kier alpha value is -2.73. The van der Waals surface area contributed by atoms with Crippen LogP contribution in [0.1, 0.15) is 35.7 Å². The minimum absolute atomic E-state index is 0.431. The number of hydrogen-bond acceptors (Lipinski definition) is 5. The van der Waals surface area contributed by atoms with E-state index in [1.165, 1.54) is 5.56 Å². The van der Waals surface area contributed by atoms with Gasteiger partial charge in [0.15, 0.2) is 5.82 Å². The molecule has 146 valence electrons. The van der Waals surface area contributed by atoms with Crippen LogP contribution in [0.3, 0.4) is 0 Å². The molecule has 0 saturated carbocycles. The van der Waals surface area contributed by atoms with E-state index in [9.17, 15) is 0 Å². The van der Waals surface area contributed by atoms with Crippen molar-refractivity contribution in [3.8, 4) is 5.82 Å². The second-order valence-corrected chi connectivity index (χ2v) is 7.58. The molecule has 2 aromatic heterocycles. The number of nitrogens with zero attached hydrogens (tertiary/aromatic N) is 6. The molecule has 1 saturated heterocycles. The molecular formula is C22H28N6. The van der Waals surface area contributed by atoms with Crippen LogP contribution >= 0.6 is 0 Å². The SMILES string of the molecule is Cc1cc(C)n(-c2cc(N3CCN(C(C)c4ccccc4)CC3)nc(C)n2)n1.